The van der Waals surface area contributed by atoms with Gasteiger partial charge in [-0.05, 0) is 18.8 Å². The van der Waals surface area contributed by atoms with Gasteiger partial charge in [0.25, 0.3) is 0 Å². The Balaban J connectivity index is 2.19. The second-order valence-electron chi connectivity index (χ2n) is 5.39. The van der Waals surface area contributed by atoms with E-state index in [1.807, 2.05) is 13.1 Å². The molecule has 0 amide bonds. The standard InChI is InChI=1S/C14H23N7/c1-5-16-12-18-13(17-8-11(4)10(2)3)20-14(19-12)21-7-6-15-9-21/h6-7,9-11H,5,8H2,1-4H3,(H2,16,17,18,19,20). The monoisotopic (exact) mass is 289 g/mol. The molecule has 0 spiro atoms. The van der Waals surface area contributed by atoms with Crippen LogP contribution in [0.2, 0.25) is 0 Å². The van der Waals surface area contributed by atoms with Crippen LogP contribution >= 0.6 is 0 Å². The SMILES string of the molecule is CCNc1nc(NCC(C)C(C)C)nc(-n2ccnc2)n1. The lowest BCUT2D eigenvalue weighted by Gasteiger charge is -2.16. The van der Waals surface area contributed by atoms with Crippen LogP contribution in [0.25, 0.3) is 5.95 Å². The molecular weight excluding hydrogens is 266 g/mol. The number of hydrogen-bond acceptors (Lipinski definition) is 6. The minimum Gasteiger partial charge on any atom is -0.354 e. The van der Waals surface area contributed by atoms with Gasteiger partial charge in [-0.3, -0.25) is 4.57 Å². The Labute approximate surface area is 125 Å². The predicted octanol–water partition coefficient (Wildman–Crippen LogP) is 2.19. The van der Waals surface area contributed by atoms with Crippen molar-refractivity contribution >= 4 is 11.9 Å². The summed E-state index contributed by atoms with van der Waals surface area (Å²) in [5.74, 6) is 2.85. The smallest absolute Gasteiger partial charge is 0.241 e. The number of rotatable bonds is 7. The van der Waals surface area contributed by atoms with Crippen LogP contribution in [0.1, 0.15) is 27.7 Å². The van der Waals surface area contributed by atoms with Gasteiger partial charge in [-0.2, -0.15) is 15.0 Å². The van der Waals surface area contributed by atoms with Crippen LogP contribution in [-0.2, 0) is 0 Å². The molecule has 2 aromatic rings. The van der Waals surface area contributed by atoms with Gasteiger partial charge in [0, 0.05) is 25.5 Å². The van der Waals surface area contributed by atoms with Crippen LogP contribution in [0.4, 0.5) is 11.9 Å². The Morgan fingerprint density at radius 1 is 1.10 bits per heavy atom. The molecule has 0 bridgehead atoms. The summed E-state index contributed by atoms with van der Waals surface area (Å²) in [6, 6.07) is 0. The first-order valence-electron chi connectivity index (χ1n) is 7.32. The zero-order chi connectivity index (χ0) is 15.2. The van der Waals surface area contributed by atoms with Crippen molar-refractivity contribution in [2.75, 3.05) is 23.7 Å². The summed E-state index contributed by atoms with van der Waals surface area (Å²) in [7, 11) is 0. The maximum absolute atomic E-state index is 4.44. The van der Waals surface area contributed by atoms with Crippen molar-refractivity contribution in [1.29, 1.82) is 0 Å². The van der Waals surface area contributed by atoms with Gasteiger partial charge in [0.05, 0.1) is 0 Å². The molecule has 0 saturated heterocycles. The quantitative estimate of drug-likeness (QED) is 0.813. The molecule has 0 radical (unpaired) electrons. The summed E-state index contributed by atoms with van der Waals surface area (Å²) in [4.78, 5) is 17.2. The highest BCUT2D eigenvalue weighted by Crippen LogP contribution is 2.12. The maximum Gasteiger partial charge on any atom is 0.241 e. The zero-order valence-electron chi connectivity index (χ0n) is 13.0. The minimum atomic E-state index is 0.543. The fourth-order valence-electron chi connectivity index (χ4n) is 1.66. The molecule has 2 heterocycles. The molecule has 0 aliphatic carbocycles. The van der Waals surface area contributed by atoms with E-state index >= 15 is 0 Å². The van der Waals surface area contributed by atoms with Crippen LogP contribution in [0.15, 0.2) is 18.7 Å². The summed E-state index contributed by atoms with van der Waals surface area (Å²) in [6.45, 7) is 10.2. The van der Waals surface area contributed by atoms with E-state index in [4.69, 9.17) is 0 Å². The highest BCUT2D eigenvalue weighted by molar-refractivity contribution is 5.37. The van der Waals surface area contributed by atoms with Gasteiger partial charge < -0.3 is 10.6 Å². The molecule has 7 nitrogen and oxygen atoms in total. The summed E-state index contributed by atoms with van der Waals surface area (Å²) in [5, 5.41) is 6.42. The molecule has 0 saturated carbocycles. The molecule has 2 aromatic heterocycles. The minimum absolute atomic E-state index is 0.543. The lowest BCUT2D eigenvalue weighted by molar-refractivity contribution is 0.439. The Morgan fingerprint density at radius 2 is 1.81 bits per heavy atom. The van der Waals surface area contributed by atoms with Crippen LogP contribution < -0.4 is 10.6 Å². The number of aromatic nitrogens is 5. The van der Waals surface area contributed by atoms with Crippen molar-refractivity contribution < 1.29 is 0 Å². The van der Waals surface area contributed by atoms with E-state index in [1.165, 1.54) is 0 Å². The van der Waals surface area contributed by atoms with Crippen molar-refractivity contribution in [2.45, 2.75) is 27.7 Å². The number of hydrogen-bond donors (Lipinski definition) is 2. The Hall–Kier alpha value is -2.18. The number of nitrogens with zero attached hydrogens (tertiary/aromatic N) is 5. The van der Waals surface area contributed by atoms with E-state index in [9.17, 15) is 0 Å². The van der Waals surface area contributed by atoms with E-state index in [1.54, 1.807) is 17.1 Å². The van der Waals surface area contributed by atoms with Gasteiger partial charge >= 0.3 is 0 Å². The van der Waals surface area contributed by atoms with E-state index in [2.05, 4.69) is 51.3 Å². The van der Waals surface area contributed by atoms with Crippen LogP contribution in [0.3, 0.4) is 0 Å². The Kier molecular flexibility index (Phi) is 5.08. The third-order valence-electron chi connectivity index (χ3n) is 3.41. The van der Waals surface area contributed by atoms with Gasteiger partial charge in [0.1, 0.15) is 6.33 Å². The topological polar surface area (TPSA) is 80.5 Å². The third-order valence-corrected chi connectivity index (χ3v) is 3.41. The largest absolute Gasteiger partial charge is 0.354 e. The molecule has 21 heavy (non-hydrogen) atoms. The van der Waals surface area contributed by atoms with E-state index in [-0.39, 0.29) is 0 Å². The molecule has 0 aromatic carbocycles. The summed E-state index contributed by atoms with van der Waals surface area (Å²) in [6.07, 6.45) is 5.18. The highest BCUT2D eigenvalue weighted by Gasteiger charge is 2.10. The Bertz CT molecular complexity index is 550. The maximum atomic E-state index is 4.44. The van der Waals surface area contributed by atoms with Crippen LogP contribution in [-0.4, -0.2) is 37.6 Å². The van der Waals surface area contributed by atoms with Crippen LogP contribution in [0.5, 0.6) is 0 Å². The van der Waals surface area contributed by atoms with Gasteiger partial charge in [-0.15, -0.1) is 0 Å². The molecule has 1 unspecified atom stereocenters. The van der Waals surface area contributed by atoms with Crippen LogP contribution in [0, 0.1) is 11.8 Å². The highest BCUT2D eigenvalue weighted by atomic mass is 15.3. The molecule has 2 rings (SSSR count). The molecule has 7 heteroatoms. The van der Waals surface area contributed by atoms with E-state index in [0.29, 0.717) is 29.7 Å². The molecule has 114 valence electrons. The number of imidazole rings is 1. The summed E-state index contributed by atoms with van der Waals surface area (Å²) >= 11 is 0. The van der Waals surface area contributed by atoms with Crippen molar-refractivity contribution in [3.63, 3.8) is 0 Å². The average Bonchev–Trinajstić information content (AvgIpc) is 2.99. The molecule has 0 fully saturated rings. The normalized spacial score (nSPS) is 12.4. The first-order valence-corrected chi connectivity index (χ1v) is 7.32. The predicted molar refractivity (Wildman–Crippen MR) is 83.6 cm³/mol. The Morgan fingerprint density at radius 3 is 2.38 bits per heavy atom. The lowest BCUT2D eigenvalue weighted by atomic mass is 9.98. The first kappa shape index (κ1) is 15.2. The van der Waals surface area contributed by atoms with Gasteiger partial charge in [0.15, 0.2) is 0 Å². The third kappa shape index (κ3) is 4.14. The number of nitrogens with one attached hydrogen (secondary N) is 2. The summed E-state index contributed by atoms with van der Waals surface area (Å²) in [5.41, 5.74) is 0. The molecular formula is C14H23N7. The molecule has 0 aliphatic heterocycles. The first-order chi connectivity index (χ1) is 10.1. The fourth-order valence-corrected chi connectivity index (χ4v) is 1.66. The zero-order valence-corrected chi connectivity index (χ0v) is 13.0. The lowest BCUT2D eigenvalue weighted by Crippen LogP contribution is -2.19. The van der Waals surface area contributed by atoms with Crippen molar-refractivity contribution in [2.24, 2.45) is 11.8 Å². The fraction of sp³-hybridized carbons (Fsp3) is 0.571. The second-order valence-corrected chi connectivity index (χ2v) is 5.39. The summed E-state index contributed by atoms with van der Waals surface area (Å²) < 4.78 is 1.76. The van der Waals surface area contributed by atoms with Crippen molar-refractivity contribution in [3.05, 3.63) is 18.7 Å². The van der Waals surface area contributed by atoms with Gasteiger partial charge in [0.2, 0.25) is 17.8 Å². The second kappa shape index (κ2) is 7.01. The van der Waals surface area contributed by atoms with Gasteiger partial charge in [-0.25, -0.2) is 4.98 Å². The number of anilines is 2. The van der Waals surface area contributed by atoms with Crippen molar-refractivity contribution in [3.8, 4) is 5.95 Å². The molecule has 2 N–H and O–H groups in total. The van der Waals surface area contributed by atoms with E-state index < -0.39 is 0 Å². The van der Waals surface area contributed by atoms with E-state index in [0.717, 1.165) is 13.1 Å². The van der Waals surface area contributed by atoms with Crippen molar-refractivity contribution in [1.82, 2.24) is 24.5 Å². The molecule has 1 atom stereocenters. The molecule has 0 aliphatic rings. The van der Waals surface area contributed by atoms with Gasteiger partial charge in [-0.1, -0.05) is 20.8 Å². The average molecular weight is 289 g/mol.